The molecular formula is C27H22N2O9S. The monoisotopic (exact) mass is 550 g/mol. The standard InChI is InChI=1S/C27H22N2O9S/c1-3-37-23-15-17(6-13-22(23)38-39(35,36)20-11-4-16(2)5-12-20)14-21-24(30)28-27(34)29(25(21)31)19-9-7-18(8-10-19)26(32)33/h4-15H,3H2,1-2H3,(H,32,33)(H,28,30,34)/b21-14+. The Balaban J connectivity index is 1.66. The molecule has 0 saturated carbocycles. The number of carboxylic acid groups (broad SMARTS) is 1. The van der Waals surface area contributed by atoms with E-state index in [9.17, 15) is 27.6 Å². The number of carbonyl (C=O) groups excluding carboxylic acids is 3. The Morgan fingerprint density at radius 3 is 2.26 bits per heavy atom. The summed E-state index contributed by atoms with van der Waals surface area (Å²) in [5, 5.41) is 11.2. The Morgan fingerprint density at radius 1 is 0.974 bits per heavy atom. The minimum atomic E-state index is -4.18. The molecule has 200 valence electrons. The van der Waals surface area contributed by atoms with Crippen LogP contribution in [0.3, 0.4) is 0 Å². The molecule has 3 aromatic carbocycles. The number of imide groups is 2. The molecule has 4 rings (SSSR count). The predicted octanol–water partition coefficient (Wildman–Crippen LogP) is 3.53. The van der Waals surface area contributed by atoms with Gasteiger partial charge in [0.2, 0.25) is 0 Å². The van der Waals surface area contributed by atoms with Crippen molar-refractivity contribution in [3.63, 3.8) is 0 Å². The first-order chi connectivity index (χ1) is 18.5. The molecule has 1 saturated heterocycles. The number of nitrogens with one attached hydrogen (secondary N) is 1. The lowest BCUT2D eigenvalue weighted by Gasteiger charge is -2.26. The first kappa shape index (κ1) is 27.1. The summed E-state index contributed by atoms with van der Waals surface area (Å²) in [6.07, 6.45) is 1.21. The fraction of sp³-hybridized carbons (Fsp3) is 0.111. The topological polar surface area (TPSA) is 156 Å². The maximum Gasteiger partial charge on any atom is 0.339 e. The molecule has 11 nitrogen and oxygen atoms in total. The third-order valence-electron chi connectivity index (χ3n) is 5.56. The molecule has 0 aromatic heterocycles. The van der Waals surface area contributed by atoms with Crippen LogP contribution in [0.15, 0.2) is 77.2 Å². The van der Waals surface area contributed by atoms with Crippen molar-refractivity contribution in [2.24, 2.45) is 0 Å². The first-order valence-corrected chi connectivity index (χ1v) is 12.9. The second kappa shape index (κ2) is 10.8. The van der Waals surface area contributed by atoms with Crippen molar-refractivity contribution in [1.29, 1.82) is 0 Å². The molecule has 4 amide bonds. The van der Waals surface area contributed by atoms with Crippen LogP contribution in [0.1, 0.15) is 28.4 Å². The van der Waals surface area contributed by atoms with E-state index in [1.54, 1.807) is 19.1 Å². The van der Waals surface area contributed by atoms with Crippen molar-refractivity contribution in [1.82, 2.24) is 5.32 Å². The van der Waals surface area contributed by atoms with Gasteiger partial charge in [0.05, 0.1) is 17.9 Å². The number of barbiturate groups is 1. The van der Waals surface area contributed by atoms with Crippen molar-refractivity contribution >= 4 is 45.7 Å². The lowest BCUT2D eigenvalue weighted by molar-refractivity contribution is -0.122. The van der Waals surface area contributed by atoms with E-state index in [1.807, 2.05) is 6.92 Å². The van der Waals surface area contributed by atoms with Crippen LogP contribution in [0.2, 0.25) is 0 Å². The summed E-state index contributed by atoms with van der Waals surface area (Å²) in [6.45, 7) is 3.66. The number of carbonyl (C=O) groups is 4. The Bertz CT molecular complexity index is 1610. The maximum absolute atomic E-state index is 13.1. The van der Waals surface area contributed by atoms with E-state index in [0.29, 0.717) is 4.90 Å². The second-order valence-corrected chi connectivity index (χ2v) is 9.85. The summed E-state index contributed by atoms with van der Waals surface area (Å²) in [5.74, 6) is -3.12. The zero-order valence-corrected chi connectivity index (χ0v) is 21.5. The SMILES string of the molecule is CCOc1cc(/C=C2\C(=O)NC(=O)N(c3ccc(C(=O)O)cc3)C2=O)ccc1OS(=O)(=O)c1ccc(C)cc1. The highest BCUT2D eigenvalue weighted by Crippen LogP contribution is 2.32. The molecule has 0 atom stereocenters. The molecule has 12 heteroatoms. The number of aryl methyl sites for hydroxylation is 1. The van der Waals surface area contributed by atoms with E-state index in [1.165, 1.54) is 60.7 Å². The van der Waals surface area contributed by atoms with Gasteiger partial charge in [0.15, 0.2) is 11.5 Å². The largest absolute Gasteiger partial charge is 0.490 e. The van der Waals surface area contributed by atoms with Gasteiger partial charge >= 0.3 is 22.1 Å². The number of anilines is 1. The first-order valence-electron chi connectivity index (χ1n) is 11.5. The van der Waals surface area contributed by atoms with Crippen molar-refractivity contribution < 1.29 is 41.6 Å². The van der Waals surface area contributed by atoms with Gasteiger partial charge in [-0.3, -0.25) is 14.9 Å². The van der Waals surface area contributed by atoms with Gasteiger partial charge < -0.3 is 14.0 Å². The van der Waals surface area contributed by atoms with Crippen LogP contribution in [-0.2, 0) is 19.7 Å². The van der Waals surface area contributed by atoms with Gasteiger partial charge in [0, 0.05) is 0 Å². The number of nitrogens with zero attached hydrogens (tertiary/aromatic N) is 1. The lowest BCUT2D eigenvalue weighted by atomic mass is 10.1. The van der Waals surface area contributed by atoms with Gasteiger partial charge in [-0.15, -0.1) is 0 Å². The van der Waals surface area contributed by atoms with Crippen LogP contribution in [0.5, 0.6) is 11.5 Å². The summed E-state index contributed by atoms with van der Waals surface area (Å²) in [4.78, 5) is 49.8. The summed E-state index contributed by atoms with van der Waals surface area (Å²) in [5.41, 5.74) is 0.777. The molecule has 1 heterocycles. The van der Waals surface area contributed by atoms with Crippen LogP contribution >= 0.6 is 0 Å². The van der Waals surface area contributed by atoms with E-state index in [-0.39, 0.29) is 45.4 Å². The molecule has 0 radical (unpaired) electrons. The predicted molar refractivity (Wildman–Crippen MR) is 139 cm³/mol. The molecule has 2 N–H and O–H groups in total. The Labute approximate surface area is 223 Å². The van der Waals surface area contributed by atoms with E-state index >= 15 is 0 Å². The maximum atomic E-state index is 13.1. The number of ether oxygens (including phenoxy) is 1. The van der Waals surface area contributed by atoms with Crippen LogP contribution < -0.4 is 19.1 Å². The Hall–Kier alpha value is -4.97. The fourth-order valence-electron chi connectivity index (χ4n) is 3.63. The molecule has 39 heavy (non-hydrogen) atoms. The zero-order chi connectivity index (χ0) is 28.3. The zero-order valence-electron chi connectivity index (χ0n) is 20.7. The normalized spacial score (nSPS) is 14.8. The van der Waals surface area contributed by atoms with E-state index in [0.717, 1.165) is 5.56 Å². The van der Waals surface area contributed by atoms with Gasteiger partial charge in [-0.05, 0) is 74.0 Å². The minimum Gasteiger partial charge on any atom is -0.490 e. The van der Waals surface area contributed by atoms with Gasteiger partial charge in [-0.25, -0.2) is 14.5 Å². The van der Waals surface area contributed by atoms with Crippen LogP contribution in [0.4, 0.5) is 10.5 Å². The van der Waals surface area contributed by atoms with Gasteiger partial charge in [0.1, 0.15) is 10.5 Å². The second-order valence-electron chi connectivity index (χ2n) is 8.30. The molecule has 0 aliphatic carbocycles. The average Bonchev–Trinajstić information content (AvgIpc) is 2.88. The number of aromatic carboxylic acids is 1. The molecule has 0 spiro atoms. The van der Waals surface area contributed by atoms with Crippen LogP contribution in [-0.4, -0.2) is 43.9 Å². The lowest BCUT2D eigenvalue weighted by Crippen LogP contribution is -2.54. The Kier molecular flexibility index (Phi) is 7.49. The number of amides is 4. The summed E-state index contributed by atoms with van der Waals surface area (Å²) in [7, 11) is -4.18. The molecule has 1 fully saturated rings. The molecule has 1 aliphatic heterocycles. The third-order valence-corrected chi connectivity index (χ3v) is 6.81. The highest BCUT2D eigenvalue weighted by atomic mass is 32.2. The molecule has 0 bridgehead atoms. The van der Waals surface area contributed by atoms with Gasteiger partial charge in [-0.2, -0.15) is 8.42 Å². The molecule has 0 unspecified atom stereocenters. The number of hydrogen-bond acceptors (Lipinski definition) is 8. The van der Waals surface area contributed by atoms with Gasteiger partial charge in [0.25, 0.3) is 11.8 Å². The van der Waals surface area contributed by atoms with Crippen molar-refractivity contribution in [3.05, 3.63) is 89.0 Å². The number of urea groups is 1. The van der Waals surface area contributed by atoms with Crippen molar-refractivity contribution in [3.8, 4) is 11.5 Å². The number of rotatable bonds is 8. The minimum absolute atomic E-state index is 0.0448. The molecular weight excluding hydrogens is 528 g/mol. The third kappa shape index (κ3) is 5.80. The number of carboxylic acids is 1. The highest BCUT2D eigenvalue weighted by molar-refractivity contribution is 7.87. The summed E-state index contributed by atoms with van der Waals surface area (Å²) < 4.78 is 36.4. The fourth-order valence-corrected chi connectivity index (χ4v) is 4.57. The smallest absolute Gasteiger partial charge is 0.339 e. The van der Waals surface area contributed by atoms with Crippen molar-refractivity contribution in [2.75, 3.05) is 11.5 Å². The van der Waals surface area contributed by atoms with E-state index < -0.39 is 33.9 Å². The van der Waals surface area contributed by atoms with Crippen molar-refractivity contribution in [2.45, 2.75) is 18.7 Å². The van der Waals surface area contributed by atoms with E-state index in [2.05, 4.69) is 5.32 Å². The highest BCUT2D eigenvalue weighted by Gasteiger charge is 2.37. The van der Waals surface area contributed by atoms with Crippen LogP contribution in [0.25, 0.3) is 6.08 Å². The average molecular weight is 551 g/mol. The van der Waals surface area contributed by atoms with E-state index in [4.69, 9.17) is 14.0 Å². The number of hydrogen-bond donors (Lipinski definition) is 2. The summed E-state index contributed by atoms with van der Waals surface area (Å²) >= 11 is 0. The van der Waals surface area contributed by atoms with Gasteiger partial charge in [-0.1, -0.05) is 23.8 Å². The molecule has 3 aromatic rings. The quantitative estimate of drug-likeness (QED) is 0.243. The molecule has 1 aliphatic rings. The summed E-state index contributed by atoms with van der Waals surface area (Å²) in [6, 6.07) is 14.2. The van der Waals surface area contributed by atoms with Crippen LogP contribution in [0, 0.1) is 6.92 Å². The number of benzene rings is 3. The Morgan fingerprint density at radius 2 is 1.64 bits per heavy atom.